The van der Waals surface area contributed by atoms with Crippen molar-refractivity contribution in [1.82, 2.24) is 9.97 Å². The Hall–Kier alpha value is -4.37. The molecule has 0 saturated carbocycles. The highest BCUT2D eigenvalue weighted by Gasteiger charge is 2.05. The van der Waals surface area contributed by atoms with Gasteiger partial charge in [0.2, 0.25) is 5.95 Å². The maximum Gasteiger partial charge on any atom is 0.229 e. The van der Waals surface area contributed by atoms with Crippen molar-refractivity contribution in [2.75, 3.05) is 10.6 Å². The van der Waals surface area contributed by atoms with Crippen molar-refractivity contribution in [1.29, 1.82) is 5.26 Å². The van der Waals surface area contributed by atoms with Gasteiger partial charge in [-0.25, -0.2) is 4.98 Å². The predicted octanol–water partition coefficient (Wildman–Crippen LogP) is 5.94. The lowest BCUT2D eigenvalue weighted by Crippen LogP contribution is -2.02. The van der Waals surface area contributed by atoms with Crippen LogP contribution in [-0.4, -0.2) is 9.97 Å². The molecule has 6 heteroatoms. The minimum absolute atomic E-state index is 0.478. The first kappa shape index (κ1) is 19.0. The van der Waals surface area contributed by atoms with E-state index in [4.69, 9.17) is 10.00 Å². The van der Waals surface area contributed by atoms with E-state index in [0.29, 0.717) is 17.3 Å². The summed E-state index contributed by atoms with van der Waals surface area (Å²) in [5.41, 5.74) is 3.13. The molecule has 0 amide bonds. The molecule has 4 aromatic rings. The fourth-order valence-electron chi connectivity index (χ4n) is 2.82. The summed E-state index contributed by atoms with van der Waals surface area (Å²) in [7, 11) is 0. The number of hydrogen-bond donors (Lipinski definition) is 2. The maximum atomic E-state index is 8.91. The van der Waals surface area contributed by atoms with Gasteiger partial charge in [0.1, 0.15) is 17.3 Å². The molecule has 2 N–H and O–H groups in total. The molecule has 1 aromatic heterocycles. The number of nitrogens with one attached hydrogen (secondary N) is 2. The third-order valence-corrected chi connectivity index (χ3v) is 4.23. The van der Waals surface area contributed by atoms with Crippen LogP contribution < -0.4 is 15.4 Å². The summed E-state index contributed by atoms with van der Waals surface area (Å²) in [4.78, 5) is 8.95. The Labute approximate surface area is 174 Å². The highest BCUT2D eigenvalue weighted by Crippen LogP contribution is 2.24. The van der Waals surface area contributed by atoms with Crippen molar-refractivity contribution in [3.05, 3.63) is 96.2 Å². The molecular weight excluding hydrogens is 374 g/mol. The number of nitrogens with zero attached hydrogens (tertiary/aromatic N) is 3. The Morgan fingerprint density at radius 2 is 1.40 bits per heavy atom. The summed E-state index contributed by atoms with van der Waals surface area (Å²) in [5.74, 6) is 2.71. The number of ether oxygens (including phenoxy) is 1. The Kier molecular flexibility index (Phi) is 5.54. The Morgan fingerprint density at radius 1 is 0.767 bits per heavy atom. The molecule has 0 aliphatic carbocycles. The number of aryl methyl sites for hydroxylation is 1. The second-order valence-electron chi connectivity index (χ2n) is 6.60. The first-order valence-corrected chi connectivity index (χ1v) is 9.41. The van der Waals surface area contributed by atoms with Crippen molar-refractivity contribution >= 4 is 23.1 Å². The molecule has 0 saturated heterocycles. The molecule has 0 unspecified atom stereocenters. The molecule has 0 bridgehead atoms. The zero-order chi connectivity index (χ0) is 20.8. The quantitative estimate of drug-likeness (QED) is 0.422. The smallest absolute Gasteiger partial charge is 0.229 e. The lowest BCUT2D eigenvalue weighted by Gasteiger charge is -2.11. The molecule has 0 radical (unpaired) electrons. The summed E-state index contributed by atoms with van der Waals surface area (Å²) in [5, 5.41) is 15.4. The average Bonchev–Trinajstić information content (AvgIpc) is 2.76. The Morgan fingerprint density at radius 3 is 2.10 bits per heavy atom. The molecule has 4 rings (SSSR count). The van der Waals surface area contributed by atoms with Gasteiger partial charge in [0.15, 0.2) is 0 Å². The summed E-state index contributed by atoms with van der Waals surface area (Å²) in [6.45, 7) is 1.91. The van der Waals surface area contributed by atoms with Crippen LogP contribution in [0.2, 0.25) is 0 Å². The first-order valence-electron chi connectivity index (χ1n) is 9.41. The second kappa shape index (κ2) is 8.76. The van der Waals surface area contributed by atoms with Gasteiger partial charge >= 0.3 is 0 Å². The Bertz CT molecular complexity index is 1170. The summed E-state index contributed by atoms with van der Waals surface area (Å²) >= 11 is 0. The van der Waals surface area contributed by atoms with Crippen molar-refractivity contribution in [2.45, 2.75) is 6.92 Å². The average molecular weight is 393 g/mol. The molecule has 1 heterocycles. The van der Waals surface area contributed by atoms with Gasteiger partial charge in [0, 0.05) is 23.1 Å². The van der Waals surface area contributed by atoms with Gasteiger partial charge in [-0.15, -0.1) is 0 Å². The fraction of sp³-hybridized carbons (Fsp3) is 0.0417. The Balaban J connectivity index is 1.45. The van der Waals surface area contributed by atoms with Crippen molar-refractivity contribution in [3.8, 4) is 17.6 Å². The van der Waals surface area contributed by atoms with Crippen LogP contribution in [0.4, 0.5) is 23.1 Å². The van der Waals surface area contributed by atoms with Gasteiger partial charge in [-0.2, -0.15) is 10.2 Å². The van der Waals surface area contributed by atoms with Crippen LogP contribution in [-0.2, 0) is 0 Å². The SMILES string of the molecule is Cc1cc(Nc2ccc(Oc3ccccc3)cc2)nc(Nc2ccc(C#N)cc2)n1. The van der Waals surface area contributed by atoms with E-state index in [0.717, 1.165) is 28.6 Å². The predicted molar refractivity (Wildman–Crippen MR) is 117 cm³/mol. The number of para-hydroxylation sites is 1. The highest BCUT2D eigenvalue weighted by atomic mass is 16.5. The van der Waals surface area contributed by atoms with Crippen LogP contribution in [0.15, 0.2) is 84.9 Å². The lowest BCUT2D eigenvalue weighted by atomic mass is 10.2. The van der Waals surface area contributed by atoms with Crippen LogP contribution in [0.25, 0.3) is 0 Å². The third-order valence-electron chi connectivity index (χ3n) is 4.23. The number of hydrogen-bond acceptors (Lipinski definition) is 6. The summed E-state index contributed by atoms with van der Waals surface area (Å²) < 4.78 is 5.82. The van der Waals surface area contributed by atoms with E-state index < -0.39 is 0 Å². The van der Waals surface area contributed by atoms with Gasteiger partial charge in [0.05, 0.1) is 11.6 Å². The van der Waals surface area contributed by atoms with Crippen LogP contribution in [0, 0.1) is 18.3 Å². The number of nitriles is 1. The van der Waals surface area contributed by atoms with E-state index in [9.17, 15) is 0 Å². The van der Waals surface area contributed by atoms with Crippen molar-refractivity contribution < 1.29 is 4.74 Å². The van der Waals surface area contributed by atoms with E-state index >= 15 is 0 Å². The molecule has 146 valence electrons. The van der Waals surface area contributed by atoms with Crippen LogP contribution in [0.5, 0.6) is 11.5 Å². The molecule has 30 heavy (non-hydrogen) atoms. The molecule has 0 fully saturated rings. The van der Waals surface area contributed by atoms with E-state index in [2.05, 4.69) is 26.7 Å². The second-order valence-corrected chi connectivity index (χ2v) is 6.60. The van der Waals surface area contributed by atoms with Gasteiger partial charge in [-0.1, -0.05) is 18.2 Å². The highest BCUT2D eigenvalue weighted by molar-refractivity contribution is 5.61. The van der Waals surface area contributed by atoms with Gasteiger partial charge in [-0.05, 0) is 67.6 Å². The topological polar surface area (TPSA) is 82.9 Å². The third kappa shape index (κ3) is 4.91. The number of rotatable bonds is 6. The number of aromatic nitrogens is 2. The fourth-order valence-corrected chi connectivity index (χ4v) is 2.82. The van der Waals surface area contributed by atoms with Crippen molar-refractivity contribution in [2.24, 2.45) is 0 Å². The van der Waals surface area contributed by atoms with E-state index in [1.165, 1.54) is 0 Å². The summed E-state index contributed by atoms with van der Waals surface area (Å²) in [6.07, 6.45) is 0. The zero-order valence-corrected chi connectivity index (χ0v) is 16.3. The number of benzene rings is 3. The molecule has 0 spiro atoms. The normalized spacial score (nSPS) is 10.1. The molecule has 0 aliphatic rings. The van der Waals surface area contributed by atoms with Gasteiger partial charge < -0.3 is 15.4 Å². The van der Waals surface area contributed by atoms with E-state index in [1.54, 1.807) is 12.1 Å². The maximum absolute atomic E-state index is 8.91. The van der Waals surface area contributed by atoms with Crippen molar-refractivity contribution in [3.63, 3.8) is 0 Å². The lowest BCUT2D eigenvalue weighted by molar-refractivity contribution is 0.483. The van der Waals surface area contributed by atoms with Gasteiger partial charge in [-0.3, -0.25) is 0 Å². The van der Waals surface area contributed by atoms with E-state index in [-0.39, 0.29) is 0 Å². The zero-order valence-electron chi connectivity index (χ0n) is 16.3. The van der Waals surface area contributed by atoms with Crippen LogP contribution in [0.3, 0.4) is 0 Å². The van der Waals surface area contributed by atoms with Crippen LogP contribution in [0.1, 0.15) is 11.3 Å². The summed E-state index contributed by atoms with van der Waals surface area (Å²) in [6, 6.07) is 28.4. The number of anilines is 4. The molecule has 3 aromatic carbocycles. The van der Waals surface area contributed by atoms with Gasteiger partial charge in [0.25, 0.3) is 0 Å². The first-order chi connectivity index (χ1) is 14.7. The minimum Gasteiger partial charge on any atom is -0.457 e. The monoisotopic (exact) mass is 393 g/mol. The molecule has 0 atom stereocenters. The standard InChI is InChI=1S/C24H19N5O/c1-17-15-23(29-24(26-17)28-20-9-7-18(16-25)8-10-20)27-19-11-13-22(14-12-19)30-21-5-3-2-4-6-21/h2-15H,1H3,(H2,26,27,28,29). The molecule has 6 nitrogen and oxygen atoms in total. The minimum atomic E-state index is 0.478. The molecule has 0 aliphatic heterocycles. The van der Waals surface area contributed by atoms with E-state index in [1.807, 2.05) is 79.7 Å². The molecular formula is C24H19N5O. The van der Waals surface area contributed by atoms with Crippen LogP contribution >= 0.6 is 0 Å². The largest absolute Gasteiger partial charge is 0.457 e.